The van der Waals surface area contributed by atoms with E-state index in [1.165, 1.54) is 11.3 Å². The van der Waals surface area contributed by atoms with Crippen LogP contribution < -0.4 is 0 Å². The predicted octanol–water partition coefficient (Wildman–Crippen LogP) is 5.56. The molecule has 2 heterocycles. The number of benzene rings is 1. The average Bonchev–Trinajstić information content (AvgIpc) is 3.18. The molecule has 23 heavy (non-hydrogen) atoms. The van der Waals surface area contributed by atoms with Gasteiger partial charge in [0, 0.05) is 18.2 Å². The molecule has 0 aliphatic carbocycles. The van der Waals surface area contributed by atoms with Crippen LogP contribution in [0.15, 0.2) is 40.8 Å². The van der Waals surface area contributed by atoms with Crippen molar-refractivity contribution in [1.29, 1.82) is 0 Å². The topological polar surface area (TPSA) is 47.3 Å². The van der Waals surface area contributed by atoms with Crippen LogP contribution >= 0.6 is 22.9 Å². The smallest absolute Gasteiger partial charge is 0.197 e. The molecule has 3 rings (SSSR count). The SMILES string of the molecule is CCC(=O)c1cc2c(CCC(=O)c3ccc(Cl)s3)cccc2o1. The van der Waals surface area contributed by atoms with Crippen molar-refractivity contribution in [2.75, 3.05) is 0 Å². The van der Waals surface area contributed by atoms with Gasteiger partial charge in [-0.1, -0.05) is 30.7 Å². The second kappa shape index (κ2) is 6.69. The number of carbonyl (C=O) groups is 2. The molecule has 0 atom stereocenters. The molecule has 2 aromatic heterocycles. The van der Waals surface area contributed by atoms with Crippen LogP contribution in [0.5, 0.6) is 0 Å². The maximum atomic E-state index is 12.2. The third-order valence-electron chi connectivity index (χ3n) is 3.72. The van der Waals surface area contributed by atoms with Gasteiger partial charge < -0.3 is 4.42 Å². The van der Waals surface area contributed by atoms with Crippen molar-refractivity contribution in [1.82, 2.24) is 0 Å². The van der Waals surface area contributed by atoms with Crippen LogP contribution in [0, 0.1) is 0 Å². The molecule has 118 valence electrons. The molecule has 0 N–H and O–H groups in total. The number of rotatable bonds is 6. The largest absolute Gasteiger partial charge is 0.453 e. The fraction of sp³-hybridized carbons (Fsp3) is 0.222. The Kier molecular flexibility index (Phi) is 4.64. The Balaban J connectivity index is 1.81. The highest BCUT2D eigenvalue weighted by molar-refractivity contribution is 7.18. The quantitative estimate of drug-likeness (QED) is 0.549. The lowest BCUT2D eigenvalue weighted by atomic mass is 10.0. The van der Waals surface area contributed by atoms with Gasteiger partial charge in [0.15, 0.2) is 17.3 Å². The van der Waals surface area contributed by atoms with Crippen molar-refractivity contribution in [3.05, 3.63) is 56.9 Å². The Morgan fingerprint density at radius 1 is 1.17 bits per heavy atom. The van der Waals surface area contributed by atoms with Crippen LogP contribution in [0.2, 0.25) is 4.34 Å². The summed E-state index contributed by atoms with van der Waals surface area (Å²) in [6, 6.07) is 11.0. The number of aryl methyl sites for hydroxylation is 1. The fourth-order valence-corrected chi connectivity index (χ4v) is 3.50. The molecule has 1 aromatic carbocycles. The number of hydrogen-bond acceptors (Lipinski definition) is 4. The fourth-order valence-electron chi connectivity index (χ4n) is 2.49. The van der Waals surface area contributed by atoms with Crippen LogP contribution in [0.4, 0.5) is 0 Å². The lowest BCUT2D eigenvalue weighted by Gasteiger charge is -2.01. The van der Waals surface area contributed by atoms with Gasteiger partial charge in [-0.2, -0.15) is 0 Å². The number of Topliss-reactive ketones (excluding diaryl/α,β-unsaturated/α-hetero) is 2. The van der Waals surface area contributed by atoms with Crippen molar-refractivity contribution in [3.8, 4) is 0 Å². The first-order chi connectivity index (χ1) is 11.1. The molecule has 0 amide bonds. The monoisotopic (exact) mass is 346 g/mol. The van der Waals surface area contributed by atoms with Crippen LogP contribution in [0.3, 0.4) is 0 Å². The Bertz CT molecular complexity index is 875. The summed E-state index contributed by atoms with van der Waals surface area (Å²) in [5.41, 5.74) is 1.70. The maximum absolute atomic E-state index is 12.2. The average molecular weight is 347 g/mol. The molecule has 0 unspecified atom stereocenters. The number of thiophene rings is 1. The van der Waals surface area contributed by atoms with E-state index in [4.69, 9.17) is 16.0 Å². The molecule has 3 nitrogen and oxygen atoms in total. The molecular weight excluding hydrogens is 332 g/mol. The number of fused-ring (bicyclic) bond motifs is 1. The Hall–Kier alpha value is -1.91. The molecule has 0 aliphatic rings. The van der Waals surface area contributed by atoms with Crippen molar-refractivity contribution in [3.63, 3.8) is 0 Å². The molecule has 0 fully saturated rings. The molecule has 0 bridgehead atoms. The minimum Gasteiger partial charge on any atom is -0.453 e. The van der Waals surface area contributed by atoms with Crippen LogP contribution in [-0.2, 0) is 6.42 Å². The van der Waals surface area contributed by atoms with E-state index in [1.54, 1.807) is 25.1 Å². The summed E-state index contributed by atoms with van der Waals surface area (Å²) in [5.74, 6) is 0.440. The molecule has 0 spiro atoms. The minimum absolute atomic E-state index is 0.0172. The lowest BCUT2D eigenvalue weighted by molar-refractivity contribution is 0.0961. The number of ketones is 2. The number of furan rings is 1. The van der Waals surface area contributed by atoms with E-state index >= 15 is 0 Å². The summed E-state index contributed by atoms with van der Waals surface area (Å²) in [5, 5.41) is 0.904. The molecule has 0 saturated carbocycles. The highest BCUT2D eigenvalue weighted by atomic mass is 35.5. The molecule has 0 saturated heterocycles. The van der Waals surface area contributed by atoms with Gasteiger partial charge in [-0.25, -0.2) is 0 Å². The summed E-state index contributed by atoms with van der Waals surface area (Å²) >= 11 is 7.17. The van der Waals surface area contributed by atoms with Crippen LogP contribution in [0.25, 0.3) is 11.0 Å². The van der Waals surface area contributed by atoms with Crippen LogP contribution in [-0.4, -0.2) is 11.6 Å². The van der Waals surface area contributed by atoms with E-state index in [0.717, 1.165) is 10.9 Å². The second-order valence-electron chi connectivity index (χ2n) is 5.24. The second-order valence-corrected chi connectivity index (χ2v) is 6.96. The zero-order valence-electron chi connectivity index (χ0n) is 12.6. The minimum atomic E-state index is -0.0172. The summed E-state index contributed by atoms with van der Waals surface area (Å²) in [7, 11) is 0. The van der Waals surface area contributed by atoms with Gasteiger partial charge in [0.1, 0.15) is 5.58 Å². The van der Waals surface area contributed by atoms with Crippen LogP contribution in [0.1, 0.15) is 45.6 Å². The van der Waals surface area contributed by atoms with E-state index in [2.05, 4.69) is 0 Å². The van der Waals surface area contributed by atoms with Crippen molar-refractivity contribution < 1.29 is 14.0 Å². The predicted molar refractivity (Wildman–Crippen MR) is 92.8 cm³/mol. The van der Waals surface area contributed by atoms with E-state index in [-0.39, 0.29) is 11.6 Å². The third kappa shape index (κ3) is 3.38. The highest BCUT2D eigenvalue weighted by Gasteiger charge is 2.14. The summed E-state index contributed by atoms with van der Waals surface area (Å²) in [4.78, 5) is 24.7. The molecule has 0 aliphatic heterocycles. The Labute approximate surface area is 142 Å². The third-order valence-corrected chi connectivity index (χ3v) is 4.99. The first kappa shape index (κ1) is 16.0. The summed E-state index contributed by atoms with van der Waals surface area (Å²) < 4.78 is 6.22. The molecule has 0 radical (unpaired) electrons. The van der Waals surface area contributed by atoms with Gasteiger partial charge in [-0.15, -0.1) is 11.3 Å². The van der Waals surface area contributed by atoms with E-state index in [9.17, 15) is 9.59 Å². The first-order valence-corrected chi connectivity index (χ1v) is 8.61. The normalized spacial score (nSPS) is 11.0. The summed E-state index contributed by atoms with van der Waals surface area (Å²) in [6.07, 6.45) is 1.41. The van der Waals surface area contributed by atoms with E-state index < -0.39 is 0 Å². The Morgan fingerprint density at radius 2 is 2.00 bits per heavy atom. The van der Waals surface area contributed by atoms with Gasteiger partial charge in [-0.05, 0) is 36.2 Å². The number of halogens is 1. The van der Waals surface area contributed by atoms with Gasteiger partial charge in [-0.3, -0.25) is 9.59 Å². The molecule has 3 aromatic rings. The zero-order chi connectivity index (χ0) is 16.4. The van der Waals surface area contributed by atoms with Gasteiger partial charge >= 0.3 is 0 Å². The zero-order valence-corrected chi connectivity index (χ0v) is 14.2. The maximum Gasteiger partial charge on any atom is 0.197 e. The van der Waals surface area contributed by atoms with Crippen molar-refractivity contribution >= 4 is 45.5 Å². The standard InChI is InChI=1S/C18H15ClO3S/c1-2-13(20)16-10-12-11(4-3-5-15(12)22-16)6-7-14(21)17-8-9-18(19)23-17/h3-5,8-10H,2,6-7H2,1H3. The first-order valence-electron chi connectivity index (χ1n) is 7.41. The number of carbonyl (C=O) groups excluding carboxylic acids is 2. The van der Waals surface area contributed by atoms with Gasteiger partial charge in [0.25, 0.3) is 0 Å². The summed E-state index contributed by atoms with van der Waals surface area (Å²) in [6.45, 7) is 1.81. The molecular formula is C18H15ClO3S. The van der Waals surface area contributed by atoms with E-state index in [0.29, 0.717) is 39.8 Å². The molecule has 5 heteroatoms. The van der Waals surface area contributed by atoms with Crippen molar-refractivity contribution in [2.45, 2.75) is 26.2 Å². The van der Waals surface area contributed by atoms with Gasteiger partial charge in [0.2, 0.25) is 0 Å². The highest BCUT2D eigenvalue weighted by Crippen LogP contribution is 2.27. The number of hydrogen-bond donors (Lipinski definition) is 0. The Morgan fingerprint density at radius 3 is 2.70 bits per heavy atom. The van der Waals surface area contributed by atoms with Crippen molar-refractivity contribution in [2.24, 2.45) is 0 Å². The van der Waals surface area contributed by atoms with Gasteiger partial charge in [0.05, 0.1) is 9.21 Å². The lowest BCUT2D eigenvalue weighted by Crippen LogP contribution is -1.98. The van der Waals surface area contributed by atoms with E-state index in [1.807, 2.05) is 18.2 Å².